The normalized spacial score (nSPS) is 12.0. The van der Waals surface area contributed by atoms with Crippen LogP contribution in [0.2, 0.25) is 0 Å². The topological polar surface area (TPSA) is 108 Å². The van der Waals surface area contributed by atoms with E-state index in [0.717, 1.165) is 11.6 Å². The molecule has 1 aliphatic rings. The number of nitro groups is 1. The van der Waals surface area contributed by atoms with Crippen LogP contribution in [0.1, 0.15) is 18.1 Å². The van der Waals surface area contributed by atoms with Crippen molar-refractivity contribution in [2.24, 2.45) is 0 Å². The van der Waals surface area contributed by atoms with Crippen LogP contribution in [-0.2, 0) is 20.9 Å². The zero-order chi connectivity index (χ0) is 21.5. The van der Waals surface area contributed by atoms with E-state index in [0.29, 0.717) is 30.2 Å². The molecule has 0 aliphatic carbocycles. The highest BCUT2D eigenvalue weighted by Gasteiger charge is 2.17. The van der Waals surface area contributed by atoms with Gasteiger partial charge >= 0.3 is 5.97 Å². The third kappa shape index (κ3) is 5.34. The van der Waals surface area contributed by atoms with Gasteiger partial charge in [0.2, 0.25) is 6.79 Å². The minimum Gasteiger partial charge on any atom is -0.454 e. The molecule has 3 rings (SSSR count). The molecule has 1 amide bonds. The average Bonchev–Trinajstić information content (AvgIpc) is 3.22. The van der Waals surface area contributed by atoms with Crippen molar-refractivity contribution in [3.05, 3.63) is 69.8 Å². The van der Waals surface area contributed by atoms with Gasteiger partial charge in [0.05, 0.1) is 4.92 Å². The average molecular weight is 412 g/mol. The van der Waals surface area contributed by atoms with Gasteiger partial charge in [0.15, 0.2) is 18.1 Å². The summed E-state index contributed by atoms with van der Waals surface area (Å²) in [4.78, 5) is 36.1. The van der Waals surface area contributed by atoms with E-state index in [1.165, 1.54) is 24.3 Å². The molecule has 0 spiro atoms. The fourth-order valence-corrected chi connectivity index (χ4v) is 2.81. The van der Waals surface area contributed by atoms with Crippen molar-refractivity contribution >= 4 is 23.6 Å². The molecule has 156 valence electrons. The highest BCUT2D eigenvalue weighted by molar-refractivity contribution is 5.89. The first-order chi connectivity index (χ1) is 14.5. The van der Waals surface area contributed by atoms with Gasteiger partial charge in [-0.15, -0.1) is 0 Å². The fourth-order valence-electron chi connectivity index (χ4n) is 2.81. The van der Waals surface area contributed by atoms with E-state index in [1.807, 2.05) is 19.1 Å². The number of esters is 1. The molecular weight excluding hydrogens is 392 g/mol. The van der Waals surface area contributed by atoms with Gasteiger partial charge in [0, 0.05) is 31.3 Å². The molecular formula is C21H20N2O7. The van der Waals surface area contributed by atoms with Crippen molar-refractivity contribution in [3.8, 4) is 11.5 Å². The molecule has 0 saturated heterocycles. The van der Waals surface area contributed by atoms with Crippen molar-refractivity contribution in [1.82, 2.24) is 4.90 Å². The molecule has 30 heavy (non-hydrogen) atoms. The van der Waals surface area contributed by atoms with Crippen LogP contribution in [0.5, 0.6) is 11.5 Å². The minimum atomic E-state index is -0.714. The third-order valence-corrected chi connectivity index (χ3v) is 4.38. The Kier molecular flexibility index (Phi) is 6.63. The van der Waals surface area contributed by atoms with Gasteiger partial charge in [-0.25, -0.2) is 4.79 Å². The first-order valence-electron chi connectivity index (χ1n) is 9.22. The van der Waals surface area contributed by atoms with Crippen LogP contribution in [0.4, 0.5) is 5.69 Å². The number of hydrogen-bond donors (Lipinski definition) is 0. The van der Waals surface area contributed by atoms with E-state index in [1.54, 1.807) is 17.0 Å². The van der Waals surface area contributed by atoms with Gasteiger partial charge < -0.3 is 19.1 Å². The number of amides is 1. The summed E-state index contributed by atoms with van der Waals surface area (Å²) in [5.41, 5.74) is 1.26. The summed E-state index contributed by atoms with van der Waals surface area (Å²) in [7, 11) is 0. The fraction of sp³-hybridized carbons (Fsp3) is 0.238. The molecule has 9 heteroatoms. The molecule has 0 fully saturated rings. The van der Waals surface area contributed by atoms with Crippen molar-refractivity contribution in [1.29, 1.82) is 0 Å². The van der Waals surface area contributed by atoms with E-state index in [-0.39, 0.29) is 18.4 Å². The highest BCUT2D eigenvalue weighted by Crippen LogP contribution is 2.32. The van der Waals surface area contributed by atoms with Crippen LogP contribution in [-0.4, -0.2) is 41.6 Å². The van der Waals surface area contributed by atoms with E-state index in [2.05, 4.69) is 0 Å². The van der Waals surface area contributed by atoms with Crippen LogP contribution in [0.15, 0.2) is 48.5 Å². The Balaban J connectivity index is 1.52. The monoisotopic (exact) mass is 412 g/mol. The zero-order valence-electron chi connectivity index (χ0n) is 16.3. The first-order valence-corrected chi connectivity index (χ1v) is 9.22. The van der Waals surface area contributed by atoms with Gasteiger partial charge in [-0.1, -0.05) is 18.2 Å². The van der Waals surface area contributed by atoms with Crippen LogP contribution in [0.3, 0.4) is 0 Å². The summed E-state index contributed by atoms with van der Waals surface area (Å²) in [6.07, 6.45) is 2.52. The maximum absolute atomic E-state index is 12.4. The van der Waals surface area contributed by atoms with E-state index >= 15 is 0 Å². The molecule has 1 aliphatic heterocycles. The summed E-state index contributed by atoms with van der Waals surface area (Å²) >= 11 is 0. The number of benzene rings is 2. The standard InChI is InChI=1S/C21H20N2O7/c1-2-22(12-16-6-8-18-19(11-16)30-14-29-18)20(24)13-28-21(25)9-7-15-4-3-5-17(10-15)23(26)27/h3-11H,2,12-14H2,1H3/b9-7+. The number of carbonyl (C=O) groups is 2. The highest BCUT2D eigenvalue weighted by atomic mass is 16.7. The van der Waals surface area contributed by atoms with Gasteiger partial charge in [-0.2, -0.15) is 0 Å². The van der Waals surface area contributed by atoms with Crippen LogP contribution in [0, 0.1) is 10.1 Å². The molecule has 0 N–H and O–H groups in total. The van der Waals surface area contributed by atoms with E-state index < -0.39 is 17.5 Å². The third-order valence-electron chi connectivity index (χ3n) is 4.38. The smallest absolute Gasteiger partial charge is 0.331 e. The van der Waals surface area contributed by atoms with E-state index in [9.17, 15) is 19.7 Å². The number of nitrogens with zero attached hydrogens (tertiary/aromatic N) is 2. The lowest BCUT2D eigenvalue weighted by Crippen LogP contribution is -2.33. The van der Waals surface area contributed by atoms with Crippen molar-refractivity contribution in [2.75, 3.05) is 19.9 Å². The van der Waals surface area contributed by atoms with E-state index in [4.69, 9.17) is 14.2 Å². The number of hydrogen-bond acceptors (Lipinski definition) is 7. The lowest BCUT2D eigenvalue weighted by molar-refractivity contribution is -0.384. The summed E-state index contributed by atoms with van der Waals surface area (Å²) in [6.45, 7) is 2.38. The van der Waals surface area contributed by atoms with Crippen molar-refractivity contribution in [3.63, 3.8) is 0 Å². The molecule has 1 heterocycles. The SMILES string of the molecule is CCN(Cc1ccc2c(c1)OCO2)C(=O)COC(=O)/C=C/c1cccc([N+](=O)[O-])c1. The van der Waals surface area contributed by atoms with Gasteiger partial charge in [-0.3, -0.25) is 14.9 Å². The Bertz CT molecular complexity index is 987. The second kappa shape index (κ2) is 9.55. The second-order valence-electron chi connectivity index (χ2n) is 6.39. The Hall–Kier alpha value is -3.88. The van der Waals surface area contributed by atoms with Gasteiger partial charge in [-0.05, 0) is 36.3 Å². The maximum Gasteiger partial charge on any atom is 0.331 e. The number of fused-ring (bicyclic) bond motifs is 1. The molecule has 0 aromatic heterocycles. The van der Waals surface area contributed by atoms with Crippen molar-refractivity contribution in [2.45, 2.75) is 13.5 Å². The molecule has 0 saturated carbocycles. The summed E-state index contributed by atoms with van der Waals surface area (Å²) in [5.74, 6) is 0.243. The summed E-state index contributed by atoms with van der Waals surface area (Å²) in [6, 6.07) is 11.3. The second-order valence-corrected chi connectivity index (χ2v) is 6.39. The molecule has 2 aromatic carbocycles. The van der Waals surface area contributed by atoms with Crippen LogP contribution in [0.25, 0.3) is 6.08 Å². The predicted octanol–water partition coefficient (Wildman–Crippen LogP) is 2.93. The lowest BCUT2D eigenvalue weighted by Gasteiger charge is -2.20. The molecule has 0 atom stereocenters. The molecule has 9 nitrogen and oxygen atoms in total. The van der Waals surface area contributed by atoms with Gasteiger partial charge in [0.25, 0.3) is 11.6 Å². The lowest BCUT2D eigenvalue weighted by atomic mass is 10.2. The Morgan fingerprint density at radius 1 is 1.20 bits per heavy atom. The predicted molar refractivity (Wildman–Crippen MR) is 107 cm³/mol. The van der Waals surface area contributed by atoms with Crippen molar-refractivity contribution < 1.29 is 28.7 Å². The van der Waals surface area contributed by atoms with Crippen LogP contribution >= 0.6 is 0 Å². The molecule has 2 aromatic rings. The van der Waals surface area contributed by atoms with Gasteiger partial charge in [0.1, 0.15) is 0 Å². The minimum absolute atomic E-state index is 0.0807. The number of non-ortho nitro benzene ring substituents is 1. The summed E-state index contributed by atoms with van der Waals surface area (Å²) < 4.78 is 15.6. The Morgan fingerprint density at radius 2 is 2.00 bits per heavy atom. The zero-order valence-corrected chi connectivity index (χ0v) is 16.3. The Labute approximate surface area is 172 Å². The molecule has 0 unspecified atom stereocenters. The first kappa shape index (κ1) is 20.8. The number of nitro benzene ring substituents is 1. The molecule has 0 radical (unpaired) electrons. The Morgan fingerprint density at radius 3 is 2.77 bits per heavy atom. The number of rotatable bonds is 8. The quantitative estimate of drug-likeness (QED) is 0.284. The number of likely N-dealkylation sites (N-methyl/N-ethyl adjacent to an activating group) is 1. The maximum atomic E-state index is 12.4. The summed E-state index contributed by atoms with van der Waals surface area (Å²) in [5, 5.41) is 10.8. The number of carbonyl (C=O) groups excluding carboxylic acids is 2. The number of ether oxygens (including phenoxy) is 3. The van der Waals surface area contributed by atoms with Crippen LogP contribution < -0.4 is 9.47 Å². The molecule has 0 bridgehead atoms. The largest absolute Gasteiger partial charge is 0.454 e.